The van der Waals surface area contributed by atoms with E-state index in [9.17, 15) is 19.2 Å². The highest BCUT2D eigenvalue weighted by atomic mass is 32.1. The van der Waals surface area contributed by atoms with Gasteiger partial charge in [-0.2, -0.15) is 0 Å². The minimum atomic E-state index is -0.645. The van der Waals surface area contributed by atoms with Gasteiger partial charge in [-0.25, -0.2) is 9.78 Å². The lowest BCUT2D eigenvalue weighted by Gasteiger charge is -2.29. The summed E-state index contributed by atoms with van der Waals surface area (Å²) in [6, 6.07) is 4.77. The molecule has 0 spiro atoms. The summed E-state index contributed by atoms with van der Waals surface area (Å²) in [4.78, 5) is 56.1. The monoisotopic (exact) mass is 482 g/mol. The molecule has 2 atom stereocenters. The van der Waals surface area contributed by atoms with Crippen LogP contribution < -0.4 is 10.6 Å². The summed E-state index contributed by atoms with van der Waals surface area (Å²) in [5.41, 5.74) is 3.23. The average Bonchev–Trinajstić information content (AvgIpc) is 3.36. The van der Waals surface area contributed by atoms with E-state index in [0.717, 1.165) is 41.1 Å². The molecule has 34 heavy (non-hydrogen) atoms. The number of carbonyl (C=O) groups excluding carboxylic acids is 4. The molecule has 1 aliphatic carbocycles. The largest absolute Gasteiger partial charge is 0.442 e. The van der Waals surface area contributed by atoms with Gasteiger partial charge in [0.15, 0.2) is 0 Å². The summed E-state index contributed by atoms with van der Waals surface area (Å²) >= 11 is 1.62. The predicted octanol–water partition coefficient (Wildman–Crippen LogP) is 2.46. The number of alkyl carbamates (subject to hydrolysis) is 1. The third-order valence-electron chi connectivity index (χ3n) is 6.59. The number of nitrogens with one attached hydrogen (secondary N) is 2. The third kappa shape index (κ3) is 4.54. The van der Waals surface area contributed by atoms with Crippen LogP contribution >= 0.6 is 11.3 Å². The van der Waals surface area contributed by atoms with Crippen molar-refractivity contribution in [2.24, 2.45) is 5.92 Å². The van der Waals surface area contributed by atoms with E-state index in [-0.39, 0.29) is 31.4 Å². The van der Waals surface area contributed by atoms with E-state index in [1.165, 1.54) is 9.78 Å². The first-order valence-corrected chi connectivity index (χ1v) is 12.3. The summed E-state index contributed by atoms with van der Waals surface area (Å²) in [6.07, 6.45) is 3.17. The number of aromatic nitrogens is 1. The summed E-state index contributed by atoms with van der Waals surface area (Å²) < 4.78 is 5.34. The lowest BCUT2D eigenvalue weighted by atomic mass is 9.93. The molecular formula is C24H26N4O5S. The van der Waals surface area contributed by atoms with Crippen molar-refractivity contribution in [2.45, 2.75) is 64.8 Å². The van der Waals surface area contributed by atoms with Gasteiger partial charge in [0.2, 0.25) is 11.8 Å². The second-order valence-corrected chi connectivity index (χ2v) is 10.3. The van der Waals surface area contributed by atoms with Crippen LogP contribution in [0.4, 0.5) is 4.79 Å². The van der Waals surface area contributed by atoms with Crippen molar-refractivity contribution in [3.05, 3.63) is 50.5 Å². The van der Waals surface area contributed by atoms with Crippen molar-refractivity contribution >= 4 is 35.2 Å². The van der Waals surface area contributed by atoms with E-state index in [0.29, 0.717) is 24.4 Å². The zero-order valence-corrected chi connectivity index (χ0v) is 19.7. The molecule has 2 unspecified atom stereocenters. The number of piperidine rings is 1. The normalized spacial score (nSPS) is 21.7. The summed E-state index contributed by atoms with van der Waals surface area (Å²) in [5.74, 6) is -0.316. The lowest BCUT2D eigenvalue weighted by molar-refractivity contribution is -0.136. The summed E-state index contributed by atoms with van der Waals surface area (Å²) in [5, 5.41) is 5.83. The topological polar surface area (TPSA) is 118 Å². The number of carbonyl (C=O) groups is 4. The number of ether oxygens (including phenoxy) is 1. The molecule has 1 aromatic carbocycles. The number of fused-ring (bicyclic) bond motifs is 2. The Bertz CT molecular complexity index is 1180. The SMILES string of the molecule is CC1CCc2nc(COC(=O)NCc3ccc4c(c3)C(=O)N(C3CCC(=O)NC3=O)C4)sc2C1. The van der Waals surface area contributed by atoms with Gasteiger partial charge in [-0.3, -0.25) is 19.7 Å². The van der Waals surface area contributed by atoms with E-state index in [1.807, 2.05) is 12.1 Å². The van der Waals surface area contributed by atoms with E-state index in [1.54, 1.807) is 17.4 Å². The zero-order valence-electron chi connectivity index (χ0n) is 18.9. The highest BCUT2D eigenvalue weighted by Gasteiger charge is 2.39. The number of amides is 4. The predicted molar refractivity (Wildman–Crippen MR) is 123 cm³/mol. The minimum absolute atomic E-state index is 0.140. The zero-order chi connectivity index (χ0) is 23.8. The molecule has 9 nitrogen and oxygen atoms in total. The van der Waals surface area contributed by atoms with E-state index < -0.39 is 18.0 Å². The van der Waals surface area contributed by atoms with Crippen molar-refractivity contribution in [3.8, 4) is 0 Å². The van der Waals surface area contributed by atoms with Crippen LogP contribution in [-0.4, -0.2) is 39.7 Å². The first kappa shape index (κ1) is 22.5. The summed E-state index contributed by atoms with van der Waals surface area (Å²) in [6.45, 7) is 2.92. The fourth-order valence-corrected chi connectivity index (χ4v) is 5.91. The molecule has 0 radical (unpaired) electrons. The first-order valence-electron chi connectivity index (χ1n) is 11.5. The Morgan fingerprint density at radius 1 is 1.26 bits per heavy atom. The van der Waals surface area contributed by atoms with E-state index in [2.05, 4.69) is 22.5 Å². The molecule has 0 bridgehead atoms. The molecular weight excluding hydrogens is 456 g/mol. The lowest BCUT2D eigenvalue weighted by Crippen LogP contribution is -2.52. The molecule has 3 heterocycles. The van der Waals surface area contributed by atoms with Crippen LogP contribution in [0.2, 0.25) is 0 Å². The Balaban J connectivity index is 1.15. The van der Waals surface area contributed by atoms with Gasteiger partial charge in [0.25, 0.3) is 5.91 Å². The maximum Gasteiger partial charge on any atom is 0.407 e. The molecule has 10 heteroatoms. The van der Waals surface area contributed by atoms with E-state index in [4.69, 9.17) is 4.74 Å². The average molecular weight is 483 g/mol. The Morgan fingerprint density at radius 3 is 2.94 bits per heavy atom. The van der Waals surface area contributed by atoms with Crippen molar-refractivity contribution in [1.82, 2.24) is 20.5 Å². The van der Waals surface area contributed by atoms with Gasteiger partial charge in [0, 0.05) is 30.0 Å². The number of hydrogen-bond acceptors (Lipinski definition) is 7. The van der Waals surface area contributed by atoms with Gasteiger partial charge in [-0.1, -0.05) is 19.1 Å². The summed E-state index contributed by atoms with van der Waals surface area (Å²) in [7, 11) is 0. The van der Waals surface area contributed by atoms with Crippen molar-refractivity contribution in [2.75, 3.05) is 0 Å². The van der Waals surface area contributed by atoms with Crippen molar-refractivity contribution in [3.63, 3.8) is 0 Å². The van der Waals surface area contributed by atoms with Crippen LogP contribution in [0.25, 0.3) is 0 Å². The number of thiazole rings is 1. The standard InChI is InChI=1S/C24H26N4O5S/c1-13-2-5-17-19(8-13)34-21(26-17)12-33-24(32)25-10-14-3-4-15-11-28(23(31)16(15)9-14)18-6-7-20(29)27-22(18)30/h3-4,9,13,18H,2,5-8,10-12H2,1H3,(H,25,32)(H,27,29,30). The quantitative estimate of drug-likeness (QED) is 0.632. The second kappa shape index (κ2) is 9.17. The van der Waals surface area contributed by atoms with Crippen LogP contribution in [0.15, 0.2) is 18.2 Å². The Hall–Kier alpha value is -3.27. The molecule has 2 aromatic rings. The van der Waals surface area contributed by atoms with Gasteiger partial charge in [-0.15, -0.1) is 11.3 Å². The minimum Gasteiger partial charge on any atom is -0.442 e. The molecule has 5 rings (SSSR count). The first-order chi connectivity index (χ1) is 16.4. The van der Waals surface area contributed by atoms with Crippen LogP contribution in [0, 0.1) is 5.92 Å². The highest BCUT2D eigenvalue weighted by Crippen LogP contribution is 2.30. The maximum absolute atomic E-state index is 12.9. The molecule has 4 amide bonds. The molecule has 2 aliphatic heterocycles. The molecule has 178 valence electrons. The Labute approximate surface area is 200 Å². The highest BCUT2D eigenvalue weighted by molar-refractivity contribution is 7.11. The van der Waals surface area contributed by atoms with Gasteiger partial charge >= 0.3 is 6.09 Å². The molecule has 1 saturated heterocycles. The van der Waals surface area contributed by atoms with Crippen LogP contribution in [0.3, 0.4) is 0 Å². The molecule has 0 saturated carbocycles. The molecule has 1 aromatic heterocycles. The third-order valence-corrected chi connectivity index (χ3v) is 7.68. The van der Waals surface area contributed by atoms with Gasteiger partial charge in [0.1, 0.15) is 17.7 Å². The van der Waals surface area contributed by atoms with Gasteiger partial charge in [0.05, 0.1) is 5.69 Å². The number of aryl methyl sites for hydroxylation is 1. The number of imide groups is 1. The molecule has 1 fully saturated rings. The second-order valence-electron chi connectivity index (χ2n) is 9.15. The number of benzene rings is 1. The number of hydrogen-bond donors (Lipinski definition) is 2. The maximum atomic E-state index is 12.9. The van der Waals surface area contributed by atoms with Crippen molar-refractivity contribution < 1.29 is 23.9 Å². The Morgan fingerprint density at radius 2 is 2.12 bits per heavy atom. The number of nitrogens with zero attached hydrogens (tertiary/aromatic N) is 2. The van der Waals surface area contributed by atoms with Gasteiger partial charge in [-0.05, 0) is 48.8 Å². The van der Waals surface area contributed by atoms with Crippen LogP contribution in [0.1, 0.15) is 63.2 Å². The Kier molecular flexibility index (Phi) is 6.07. The van der Waals surface area contributed by atoms with Crippen LogP contribution in [0.5, 0.6) is 0 Å². The number of rotatable bonds is 5. The van der Waals surface area contributed by atoms with Gasteiger partial charge < -0.3 is 15.0 Å². The van der Waals surface area contributed by atoms with Crippen molar-refractivity contribution in [1.29, 1.82) is 0 Å². The molecule has 2 N–H and O–H groups in total. The van der Waals surface area contributed by atoms with Crippen LogP contribution in [-0.2, 0) is 46.9 Å². The molecule has 3 aliphatic rings. The fourth-order valence-electron chi connectivity index (χ4n) is 4.72. The fraction of sp³-hybridized carbons (Fsp3) is 0.458. The smallest absolute Gasteiger partial charge is 0.407 e. The van der Waals surface area contributed by atoms with E-state index >= 15 is 0 Å².